The maximum Gasteiger partial charge on any atom is 0.223 e. The fourth-order valence-corrected chi connectivity index (χ4v) is 6.99. The molecule has 0 atom stereocenters. The highest BCUT2D eigenvalue weighted by Crippen LogP contribution is 2.43. The molecule has 0 aliphatic heterocycles. The molecule has 0 fully saturated rings. The summed E-state index contributed by atoms with van der Waals surface area (Å²) in [6.45, 7) is 0. The van der Waals surface area contributed by atoms with Crippen LogP contribution >= 0.6 is 0 Å². The van der Waals surface area contributed by atoms with Gasteiger partial charge in [0.15, 0.2) is 0 Å². The van der Waals surface area contributed by atoms with Crippen molar-refractivity contribution in [3.05, 3.63) is 140 Å². The molecule has 6 aromatic carbocycles. The second-order valence-corrected chi connectivity index (χ2v) is 11.1. The zero-order valence-electron chi connectivity index (χ0n) is 23.0. The Morgan fingerprint density at radius 2 is 0.837 bits per heavy atom. The Labute approximate surface area is 245 Å². The van der Waals surface area contributed by atoms with Gasteiger partial charge in [-0.15, -0.1) is 0 Å². The van der Waals surface area contributed by atoms with Crippen molar-refractivity contribution < 1.29 is 0 Å². The average Bonchev–Trinajstić information content (AvgIpc) is 3.80. The Kier molecular flexibility index (Phi) is 4.39. The molecular formula is C38H23N5. The third-order valence-electron chi connectivity index (χ3n) is 8.78. The third kappa shape index (κ3) is 3.00. The summed E-state index contributed by atoms with van der Waals surface area (Å²) in [6.07, 6.45) is 0. The molecule has 0 saturated carbocycles. The molecule has 0 saturated heterocycles. The van der Waals surface area contributed by atoms with Crippen LogP contribution in [0.3, 0.4) is 0 Å². The lowest BCUT2D eigenvalue weighted by atomic mass is 9.87. The lowest BCUT2D eigenvalue weighted by Gasteiger charge is -2.17. The van der Waals surface area contributed by atoms with E-state index in [9.17, 15) is 0 Å². The van der Waals surface area contributed by atoms with Crippen LogP contribution in [0.15, 0.2) is 140 Å². The number of hydrogen-bond acceptors (Lipinski definition) is 2. The predicted molar refractivity (Wildman–Crippen MR) is 175 cm³/mol. The molecule has 4 heterocycles. The minimum Gasteiger partial charge on any atom is -0.276 e. The molecule has 0 N–H and O–H groups in total. The van der Waals surface area contributed by atoms with E-state index < -0.39 is 0 Å². The van der Waals surface area contributed by atoms with E-state index in [-0.39, 0.29) is 0 Å². The third-order valence-corrected chi connectivity index (χ3v) is 8.78. The van der Waals surface area contributed by atoms with Gasteiger partial charge >= 0.3 is 0 Å². The quantitative estimate of drug-likeness (QED) is 0.220. The Morgan fingerprint density at radius 3 is 1.35 bits per heavy atom. The van der Waals surface area contributed by atoms with Crippen molar-refractivity contribution in [2.45, 2.75) is 0 Å². The molecule has 0 aliphatic rings. The molecule has 43 heavy (non-hydrogen) atoms. The molecular weight excluding hydrogens is 526 g/mol. The molecule has 0 unspecified atom stereocenters. The van der Waals surface area contributed by atoms with Crippen LogP contribution in [-0.4, -0.2) is 23.2 Å². The van der Waals surface area contributed by atoms with Gasteiger partial charge in [0.05, 0.1) is 33.1 Å². The van der Waals surface area contributed by atoms with Crippen LogP contribution in [0.5, 0.6) is 0 Å². The molecule has 0 aliphatic carbocycles. The zero-order chi connectivity index (χ0) is 28.1. The standard InChI is InChI=1S/C38H23N5/c1-3-12-24(13-4-1)27-16-11-17-28(25-14-5-2-6-15-25)35(27)26-22-33-36-34(23-26)42-32-21-10-8-19-30(32)40-38(42)43(36)37-39-29-18-7-9-20-31(29)41(33)37/h1-23H. The van der Waals surface area contributed by atoms with E-state index in [0.717, 1.165) is 55.7 Å². The highest BCUT2D eigenvalue weighted by Gasteiger charge is 2.25. The number of hydrogen-bond donors (Lipinski definition) is 0. The van der Waals surface area contributed by atoms with Crippen molar-refractivity contribution in [2.75, 3.05) is 0 Å². The zero-order valence-corrected chi connectivity index (χ0v) is 23.0. The lowest BCUT2D eigenvalue weighted by molar-refractivity contribution is 1.15. The SMILES string of the molecule is c1ccc(-c2cccc(-c3ccccc3)c2-c2cc3c4c(c2)n2c5ccccc5nc2n4c2nc4ccccc4n32)cc1. The van der Waals surface area contributed by atoms with Crippen LogP contribution in [0.4, 0.5) is 0 Å². The van der Waals surface area contributed by atoms with Crippen molar-refractivity contribution in [1.29, 1.82) is 0 Å². The van der Waals surface area contributed by atoms with Crippen molar-refractivity contribution in [3.8, 4) is 33.4 Å². The topological polar surface area (TPSA) is 39.0 Å². The molecule has 0 amide bonds. The van der Waals surface area contributed by atoms with E-state index in [2.05, 4.69) is 153 Å². The van der Waals surface area contributed by atoms with Gasteiger partial charge in [0.1, 0.15) is 5.52 Å². The van der Waals surface area contributed by atoms with E-state index in [4.69, 9.17) is 9.97 Å². The molecule has 0 radical (unpaired) electrons. The number of imidazole rings is 4. The van der Waals surface area contributed by atoms with Crippen LogP contribution < -0.4 is 0 Å². The second kappa shape index (κ2) is 8.30. The van der Waals surface area contributed by atoms with Gasteiger partial charge in [0, 0.05) is 0 Å². The van der Waals surface area contributed by atoms with Gasteiger partial charge in [-0.3, -0.25) is 8.80 Å². The maximum absolute atomic E-state index is 5.13. The molecule has 0 bridgehead atoms. The molecule has 0 spiro atoms. The van der Waals surface area contributed by atoms with E-state index in [1.807, 2.05) is 0 Å². The van der Waals surface area contributed by atoms with Crippen LogP contribution in [-0.2, 0) is 0 Å². The van der Waals surface area contributed by atoms with Crippen molar-refractivity contribution in [3.63, 3.8) is 0 Å². The summed E-state index contributed by atoms with van der Waals surface area (Å²) in [5.41, 5.74) is 14.6. The molecule has 4 aromatic heterocycles. The molecule has 10 rings (SSSR count). The minimum atomic E-state index is 0.878. The smallest absolute Gasteiger partial charge is 0.223 e. The number of rotatable bonds is 3. The first kappa shape index (κ1) is 22.7. The fraction of sp³-hybridized carbons (Fsp3) is 0. The summed E-state index contributed by atoms with van der Waals surface area (Å²) in [6, 6.07) is 49.5. The Bertz CT molecular complexity index is 2480. The van der Waals surface area contributed by atoms with Gasteiger partial charge in [0.2, 0.25) is 11.6 Å². The summed E-state index contributed by atoms with van der Waals surface area (Å²) in [4.78, 5) is 10.3. The predicted octanol–water partition coefficient (Wildman–Crippen LogP) is 9.13. The monoisotopic (exact) mass is 549 g/mol. The number of para-hydroxylation sites is 4. The first-order chi connectivity index (χ1) is 21.3. The Balaban J connectivity index is 1.43. The van der Waals surface area contributed by atoms with Crippen LogP contribution in [0.25, 0.3) is 83.6 Å². The molecule has 200 valence electrons. The van der Waals surface area contributed by atoms with Crippen molar-refractivity contribution in [1.82, 2.24) is 23.2 Å². The largest absolute Gasteiger partial charge is 0.276 e. The number of benzene rings is 6. The van der Waals surface area contributed by atoms with Gasteiger partial charge in [-0.05, 0) is 69.8 Å². The molecule has 5 nitrogen and oxygen atoms in total. The van der Waals surface area contributed by atoms with Gasteiger partial charge in [0.25, 0.3) is 0 Å². The van der Waals surface area contributed by atoms with Crippen LogP contribution in [0, 0.1) is 0 Å². The maximum atomic E-state index is 5.13. The second-order valence-electron chi connectivity index (χ2n) is 11.1. The summed E-state index contributed by atoms with van der Waals surface area (Å²) in [7, 11) is 0. The summed E-state index contributed by atoms with van der Waals surface area (Å²) >= 11 is 0. The lowest BCUT2D eigenvalue weighted by Crippen LogP contribution is -1.92. The van der Waals surface area contributed by atoms with Crippen LogP contribution in [0.2, 0.25) is 0 Å². The highest BCUT2D eigenvalue weighted by molar-refractivity contribution is 6.08. The van der Waals surface area contributed by atoms with Crippen molar-refractivity contribution >= 4 is 50.2 Å². The number of fused-ring (bicyclic) bond motifs is 10. The van der Waals surface area contributed by atoms with Crippen LogP contribution in [0.1, 0.15) is 0 Å². The normalized spacial score (nSPS) is 12.2. The Hall–Kier alpha value is -5.94. The van der Waals surface area contributed by atoms with Gasteiger partial charge < -0.3 is 0 Å². The van der Waals surface area contributed by atoms with E-state index in [1.54, 1.807) is 0 Å². The van der Waals surface area contributed by atoms with Crippen molar-refractivity contribution in [2.24, 2.45) is 0 Å². The Morgan fingerprint density at radius 1 is 0.372 bits per heavy atom. The average molecular weight is 550 g/mol. The summed E-state index contributed by atoms with van der Waals surface area (Å²) < 4.78 is 6.83. The van der Waals surface area contributed by atoms with E-state index >= 15 is 0 Å². The van der Waals surface area contributed by atoms with Gasteiger partial charge in [-0.25, -0.2) is 14.4 Å². The first-order valence-electron chi connectivity index (χ1n) is 14.5. The molecule has 5 heteroatoms. The van der Waals surface area contributed by atoms with E-state index in [1.165, 1.54) is 27.8 Å². The highest BCUT2D eigenvalue weighted by atomic mass is 15.3. The summed E-state index contributed by atoms with van der Waals surface area (Å²) in [5.74, 6) is 1.76. The fourth-order valence-electron chi connectivity index (χ4n) is 6.99. The number of aromatic nitrogens is 5. The van der Waals surface area contributed by atoms with E-state index in [0.29, 0.717) is 0 Å². The summed E-state index contributed by atoms with van der Waals surface area (Å²) in [5, 5.41) is 0. The molecule has 10 aromatic rings. The minimum absolute atomic E-state index is 0.878. The van der Waals surface area contributed by atoms with Gasteiger partial charge in [-0.1, -0.05) is 103 Å². The van der Waals surface area contributed by atoms with Gasteiger partial charge in [-0.2, -0.15) is 0 Å². The number of nitrogens with zero attached hydrogens (tertiary/aromatic N) is 5. The first-order valence-corrected chi connectivity index (χ1v) is 14.5.